The Bertz CT molecular complexity index is 1370. The molecule has 0 aliphatic heterocycles. The lowest BCUT2D eigenvalue weighted by Gasteiger charge is -2.16. The fourth-order valence-corrected chi connectivity index (χ4v) is 5.62. The van der Waals surface area contributed by atoms with Gasteiger partial charge in [0.05, 0.1) is 9.79 Å². The van der Waals surface area contributed by atoms with E-state index < -0.39 is 9.84 Å². The van der Waals surface area contributed by atoms with Gasteiger partial charge in [0.25, 0.3) is 0 Å². The number of hydrogen-bond donors (Lipinski definition) is 2. The predicted molar refractivity (Wildman–Crippen MR) is 127 cm³/mol. The normalized spacial score (nSPS) is 11.6. The number of para-hydroxylation sites is 1. The van der Waals surface area contributed by atoms with Crippen molar-refractivity contribution in [2.24, 2.45) is 0 Å². The number of carbonyl (C=O) groups excluding carboxylic acids is 1. The zero-order valence-electron chi connectivity index (χ0n) is 18.2. The van der Waals surface area contributed by atoms with E-state index in [0.29, 0.717) is 35.4 Å². The molecule has 6 heteroatoms. The van der Waals surface area contributed by atoms with Gasteiger partial charge in [0.2, 0.25) is 15.7 Å². The minimum Gasteiger partial charge on any atom is -0.361 e. The first-order chi connectivity index (χ1) is 15.4. The summed E-state index contributed by atoms with van der Waals surface area (Å²) in [5.74, 6) is -0.0549. The lowest BCUT2D eigenvalue weighted by atomic mass is 10.0. The maximum Gasteiger partial charge on any atom is 0.219 e. The van der Waals surface area contributed by atoms with Crippen molar-refractivity contribution in [3.05, 3.63) is 84.1 Å². The number of nitrogens with one attached hydrogen (secondary N) is 2. The average Bonchev–Trinajstić information content (AvgIpc) is 3.23. The summed E-state index contributed by atoms with van der Waals surface area (Å²) in [7, 11) is -3.79. The van der Waals surface area contributed by atoms with Crippen LogP contribution >= 0.6 is 0 Å². The fraction of sp³-hybridized carbons (Fsp3) is 0.192. The molecule has 32 heavy (non-hydrogen) atoms. The Kier molecular flexibility index (Phi) is 6.15. The quantitative estimate of drug-likeness (QED) is 0.417. The van der Waals surface area contributed by atoms with Crippen LogP contribution < -0.4 is 5.32 Å². The Morgan fingerprint density at radius 3 is 2.44 bits per heavy atom. The van der Waals surface area contributed by atoms with Gasteiger partial charge in [-0.05, 0) is 37.1 Å². The molecule has 0 unspecified atom stereocenters. The molecule has 164 valence electrons. The van der Waals surface area contributed by atoms with E-state index in [4.69, 9.17) is 0 Å². The summed E-state index contributed by atoms with van der Waals surface area (Å²) < 4.78 is 27.7. The van der Waals surface area contributed by atoms with Gasteiger partial charge in [-0.2, -0.15) is 0 Å². The van der Waals surface area contributed by atoms with E-state index in [-0.39, 0.29) is 10.8 Å². The van der Waals surface area contributed by atoms with Crippen LogP contribution in [0, 0.1) is 6.92 Å². The number of benzene rings is 3. The number of hydrogen-bond acceptors (Lipinski definition) is 3. The van der Waals surface area contributed by atoms with Crippen LogP contribution in [0.3, 0.4) is 0 Å². The highest BCUT2D eigenvalue weighted by Gasteiger charge is 2.26. The monoisotopic (exact) mass is 446 g/mol. The molecule has 4 rings (SSSR count). The summed E-state index contributed by atoms with van der Waals surface area (Å²) in [5, 5.41) is 3.81. The zero-order valence-corrected chi connectivity index (χ0v) is 19.0. The summed E-state index contributed by atoms with van der Waals surface area (Å²) in [6.45, 7) is 4.10. The summed E-state index contributed by atoms with van der Waals surface area (Å²) in [4.78, 5) is 15.5. The first kappa shape index (κ1) is 21.8. The lowest BCUT2D eigenvalue weighted by Crippen LogP contribution is -2.25. The summed E-state index contributed by atoms with van der Waals surface area (Å²) in [6.07, 6.45) is 2.67. The fourth-order valence-electron chi connectivity index (χ4n) is 3.90. The standard InChI is InChI=1S/C26H26N2O3S/c1-3-25(29)27-16-15-19-7-6-9-22(23-17-28-24-10-5-4-8-21(23)24)26(19)32(30,31)20-13-11-18(2)12-14-20/h4-14,17,28H,3,15-16H2,1-2H3,(H,27,29). The van der Waals surface area contributed by atoms with Crippen molar-refractivity contribution in [1.82, 2.24) is 10.3 Å². The molecule has 0 saturated carbocycles. The van der Waals surface area contributed by atoms with E-state index in [2.05, 4.69) is 10.3 Å². The van der Waals surface area contributed by atoms with Crippen LogP contribution in [0.2, 0.25) is 0 Å². The van der Waals surface area contributed by atoms with Crippen molar-refractivity contribution in [3.63, 3.8) is 0 Å². The third-order valence-electron chi connectivity index (χ3n) is 5.61. The van der Waals surface area contributed by atoms with Crippen LogP contribution in [0.4, 0.5) is 0 Å². The molecule has 0 spiro atoms. The number of carbonyl (C=O) groups is 1. The minimum atomic E-state index is -3.79. The zero-order chi connectivity index (χ0) is 22.7. The molecule has 1 aromatic heterocycles. The van der Waals surface area contributed by atoms with E-state index in [1.807, 2.05) is 67.7 Å². The molecule has 0 aliphatic carbocycles. The highest BCUT2D eigenvalue weighted by atomic mass is 32.2. The van der Waals surface area contributed by atoms with Crippen LogP contribution in [0.15, 0.2) is 82.7 Å². The number of rotatable bonds is 7. The molecule has 0 saturated heterocycles. The molecule has 4 aromatic rings. The van der Waals surface area contributed by atoms with Gasteiger partial charge >= 0.3 is 0 Å². The Morgan fingerprint density at radius 1 is 0.938 bits per heavy atom. The molecule has 0 aliphatic rings. The Labute approximate surface area is 188 Å². The van der Waals surface area contributed by atoms with E-state index in [0.717, 1.165) is 22.0 Å². The van der Waals surface area contributed by atoms with Gasteiger partial charge in [0, 0.05) is 41.2 Å². The second kappa shape index (κ2) is 9.01. The average molecular weight is 447 g/mol. The van der Waals surface area contributed by atoms with Crippen LogP contribution in [-0.2, 0) is 21.1 Å². The Morgan fingerprint density at radius 2 is 1.69 bits per heavy atom. The lowest BCUT2D eigenvalue weighted by molar-refractivity contribution is -0.120. The predicted octanol–water partition coefficient (Wildman–Crippen LogP) is 5.04. The molecule has 3 aromatic carbocycles. The summed E-state index contributed by atoms with van der Waals surface area (Å²) >= 11 is 0. The number of H-pyrrole nitrogens is 1. The molecule has 0 fully saturated rings. The number of sulfone groups is 1. The molecule has 1 amide bonds. The third-order valence-corrected chi connectivity index (χ3v) is 7.53. The maximum atomic E-state index is 13.9. The van der Waals surface area contributed by atoms with E-state index in [1.165, 1.54) is 0 Å². The molecular formula is C26H26N2O3S. The first-order valence-corrected chi connectivity index (χ1v) is 12.2. The molecule has 2 N–H and O–H groups in total. The largest absolute Gasteiger partial charge is 0.361 e. The smallest absolute Gasteiger partial charge is 0.219 e. The molecular weight excluding hydrogens is 420 g/mol. The van der Waals surface area contributed by atoms with Crippen molar-refractivity contribution in [2.75, 3.05) is 6.54 Å². The second-order valence-corrected chi connectivity index (χ2v) is 9.70. The van der Waals surface area contributed by atoms with Crippen molar-refractivity contribution in [1.29, 1.82) is 0 Å². The van der Waals surface area contributed by atoms with E-state index in [1.54, 1.807) is 19.1 Å². The highest BCUT2D eigenvalue weighted by Crippen LogP contribution is 2.37. The molecule has 0 bridgehead atoms. The van der Waals surface area contributed by atoms with Crippen LogP contribution in [-0.4, -0.2) is 25.9 Å². The van der Waals surface area contributed by atoms with Gasteiger partial charge in [-0.1, -0.05) is 61.0 Å². The van der Waals surface area contributed by atoms with Gasteiger partial charge in [0.15, 0.2) is 0 Å². The molecule has 5 nitrogen and oxygen atoms in total. The van der Waals surface area contributed by atoms with Crippen molar-refractivity contribution in [2.45, 2.75) is 36.5 Å². The highest BCUT2D eigenvalue weighted by molar-refractivity contribution is 7.91. The summed E-state index contributed by atoms with van der Waals surface area (Å²) in [6, 6.07) is 20.3. The van der Waals surface area contributed by atoms with Gasteiger partial charge in [-0.25, -0.2) is 8.42 Å². The Balaban J connectivity index is 1.89. The van der Waals surface area contributed by atoms with Gasteiger partial charge in [-0.3, -0.25) is 4.79 Å². The van der Waals surface area contributed by atoms with E-state index >= 15 is 0 Å². The number of aromatic amines is 1. The number of fused-ring (bicyclic) bond motifs is 1. The van der Waals surface area contributed by atoms with Gasteiger partial charge in [-0.15, -0.1) is 0 Å². The van der Waals surface area contributed by atoms with Crippen molar-refractivity contribution >= 4 is 26.6 Å². The number of amides is 1. The van der Waals surface area contributed by atoms with Crippen molar-refractivity contribution in [3.8, 4) is 11.1 Å². The SMILES string of the molecule is CCC(=O)NCCc1cccc(-c2c[nH]c3ccccc23)c1S(=O)(=O)c1ccc(C)cc1. The van der Waals surface area contributed by atoms with Crippen molar-refractivity contribution < 1.29 is 13.2 Å². The number of aromatic nitrogens is 1. The van der Waals surface area contributed by atoms with Crippen LogP contribution in [0.5, 0.6) is 0 Å². The number of aryl methyl sites for hydroxylation is 1. The van der Waals surface area contributed by atoms with Crippen LogP contribution in [0.1, 0.15) is 24.5 Å². The molecule has 0 radical (unpaired) electrons. The van der Waals surface area contributed by atoms with Gasteiger partial charge < -0.3 is 10.3 Å². The second-order valence-electron chi connectivity index (χ2n) is 7.81. The Hall–Kier alpha value is -3.38. The summed E-state index contributed by atoms with van der Waals surface area (Å²) in [5.41, 5.74) is 4.12. The van der Waals surface area contributed by atoms with Gasteiger partial charge in [0.1, 0.15) is 0 Å². The third kappa shape index (κ3) is 4.18. The topological polar surface area (TPSA) is 79.0 Å². The first-order valence-electron chi connectivity index (χ1n) is 10.7. The molecule has 1 heterocycles. The molecule has 0 atom stereocenters. The van der Waals surface area contributed by atoms with E-state index in [9.17, 15) is 13.2 Å². The van der Waals surface area contributed by atoms with Crippen LogP contribution in [0.25, 0.3) is 22.0 Å². The maximum absolute atomic E-state index is 13.9. The minimum absolute atomic E-state index is 0.0549.